The number of nitro groups is 1. The average molecular weight is 295 g/mol. The van der Waals surface area contributed by atoms with Crippen LogP contribution in [0.3, 0.4) is 0 Å². The molecule has 8 heteroatoms. The maximum atomic E-state index is 12.8. The first-order valence-electron chi connectivity index (χ1n) is 5.18. The summed E-state index contributed by atoms with van der Waals surface area (Å²) in [6.07, 6.45) is 1.61. The predicted octanol–water partition coefficient (Wildman–Crippen LogP) is 3.59. The van der Waals surface area contributed by atoms with Gasteiger partial charge in [-0.05, 0) is 29.2 Å². The summed E-state index contributed by atoms with van der Waals surface area (Å²) in [6.45, 7) is 0. The third-order valence-electron chi connectivity index (χ3n) is 2.41. The van der Waals surface area contributed by atoms with Gasteiger partial charge in [0.2, 0.25) is 5.03 Å². The molecule has 0 saturated heterocycles. The zero-order valence-electron chi connectivity index (χ0n) is 9.32. The second kappa shape index (κ2) is 4.63. The van der Waals surface area contributed by atoms with E-state index in [1.165, 1.54) is 27.9 Å². The first kappa shape index (κ1) is 12.1. The third kappa shape index (κ3) is 2.20. The molecule has 0 amide bonds. The van der Waals surface area contributed by atoms with Gasteiger partial charge in [-0.25, -0.2) is 4.39 Å². The number of thiazole rings is 1. The molecule has 5 nitrogen and oxygen atoms in total. The summed E-state index contributed by atoms with van der Waals surface area (Å²) in [4.78, 5) is 16.1. The Balaban J connectivity index is 2.04. The Hall–Kier alpha value is -1.93. The summed E-state index contributed by atoms with van der Waals surface area (Å²) in [5, 5.41) is 13.2. The number of rotatable bonds is 3. The lowest BCUT2D eigenvalue weighted by Gasteiger charge is -1.98. The number of benzene rings is 1. The Morgan fingerprint density at radius 3 is 2.79 bits per heavy atom. The number of nitrogens with zero attached hydrogens (tertiary/aromatic N) is 3. The molecule has 19 heavy (non-hydrogen) atoms. The van der Waals surface area contributed by atoms with Gasteiger partial charge in [-0.15, -0.1) is 0 Å². The van der Waals surface area contributed by atoms with Crippen LogP contribution in [0.5, 0.6) is 0 Å². The molecule has 0 spiro atoms. The van der Waals surface area contributed by atoms with Crippen molar-refractivity contribution in [2.75, 3.05) is 0 Å². The number of aromatic nitrogens is 2. The van der Waals surface area contributed by atoms with Crippen molar-refractivity contribution in [2.45, 2.75) is 9.92 Å². The van der Waals surface area contributed by atoms with E-state index in [0.29, 0.717) is 14.9 Å². The highest BCUT2D eigenvalue weighted by molar-refractivity contribution is 7.99. The Kier molecular flexibility index (Phi) is 2.96. The van der Waals surface area contributed by atoms with Crippen LogP contribution in [0, 0.1) is 15.9 Å². The lowest BCUT2D eigenvalue weighted by molar-refractivity contribution is -0.393. The topological polar surface area (TPSA) is 60.4 Å². The van der Waals surface area contributed by atoms with Crippen LogP contribution in [-0.2, 0) is 0 Å². The SMILES string of the molecule is O=[N+]([O-])c1c(Sc2ccc(F)cc2)nc2sccn12. The molecule has 0 radical (unpaired) electrons. The van der Waals surface area contributed by atoms with E-state index >= 15 is 0 Å². The van der Waals surface area contributed by atoms with Crippen molar-refractivity contribution in [3.05, 3.63) is 51.8 Å². The van der Waals surface area contributed by atoms with Crippen LogP contribution in [-0.4, -0.2) is 14.3 Å². The molecule has 0 fully saturated rings. The summed E-state index contributed by atoms with van der Waals surface area (Å²) >= 11 is 2.47. The van der Waals surface area contributed by atoms with Crippen molar-refractivity contribution in [3.8, 4) is 0 Å². The maximum Gasteiger partial charge on any atom is 0.363 e. The van der Waals surface area contributed by atoms with Gasteiger partial charge in [0.15, 0.2) is 0 Å². The minimum absolute atomic E-state index is 0.0643. The summed E-state index contributed by atoms with van der Waals surface area (Å²) in [5.41, 5.74) is 0. The fourth-order valence-corrected chi connectivity index (χ4v) is 3.26. The van der Waals surface area contributed by atoms with Gasteiger partial charge in [-0.1, -0.05) is 23.1 Å². The van der Waals surface area contributed by atoms with E-state index in [1.54, 1.807) is 23.7 Å². The lowest BCUT2D eigenvalue weighted by Crippen LogP contribution is -1.93. The van der Waals surface area contributed by atoms with Crippen molar-refractivity contribution < 1.29 is 9.31 Å². The van der Waals surface area contributed by atoms with Crippen LogP contribution in [0.1, 0.15) is 0 Å². The van der Waals surface area contributed by atoms with Gasteiger partial charge in [0, 0.05) is 10.3 Å². The lowest BCUT2D eigenvalue weighted by atomic mass is 10.4. The second-order valence-electron chi connectivity index (χ2n) is 3.61. The number of hydrogen-bond acceptors (Lipinski definition) is 5. The fourth-order valence-electron chi connectivity index (χ4n) is 1.60. The number of hydrogen-bond donors (Lipinski definition) is 0. The highest BCUT2D eigenvalue weighted by atomic mass is 32.2. The van der Waals surface area contributed by atoms with E-state index in [2.05, 4.69) is 4.98 Å². The first-order chi connectivity index (χ1) is 9.15. The Bertz CT molecular complexity index is 751. The molecule has 0 aliphatic rings. The van der Waals surface area contributed by atoms with E-state index in [4.69, 9.17) is 0 Å². The van der Waals surface area contributed by atoms with Gasteiger partial charge in [0.25, 0.3) is 4.96 Å². The van der Waals surface area contributed by atoms with Crippen molar-refractivity contribution >= 4 is 33.9 Å². The summed E-state index contributed by atoms with van der Waals surface area (Å²) in [5.74, 6) is -0.407. The Labute approximate surface area is 114 Å². The van der Waals surface area contributed by atoms with Gasteiger partial charge in [-0.2, -0.15) is 9.38 Å². The van der Waals surface area contributed by atoms with E-state index in [9.17, 15) is 14.5 Å². The Morgan fingerprint density at radius 2 is 2.11 bits per heavy atom. The molecule has 0 N–H and O–H groups in total. The summed E-state index contributed by atoms with van der Waals surface area (Å²) < 4.78 is 14.3. The Morgan fingerprint density at radius 1 is 1.37 bits per heavy atom. The highest BCUT2D eigenvalue weighted by Gasteiger charge is 2.24. The van der Waals surface area contributed by atoms with Gasteiger partial charge in [-0.3, -0.25) is 0 Å². The van der Waals surface area contributed by atoms with Crippen molar-refractivity contribution in [2.24, 2.45) is 0 Å². The molecule has 0 saturated carbocycles. The molecule has 2 heterocycles. The van der Waals surface area contributed by atoms with E-state index < -0.39 is 4.92 Å². The normalized spacial score (nSPS) is 11.0. The predicted molar refractivity (Wildman–Crippen MR) is 70.2 cm³/mol. The smallest absolute Gasteiger partial charge is 0.358 e. The standard InChI is InChI=1S/C11H6FN3O2S2/c12-7-1-3-8(4-2-7)19-9-10(15(16)17)14-5-6-18-11(14)13-9/h1-6H. The van der Waals surface area contributed by atoms with Gasteiger partial charge in [0.05, 0.1) is 0 Å². The molecule has 3 rings (SSSR count). The quantitative estimate of drug-likeness (QED) is 0.547. The monoisotopic (exact) mass is 295 g/mol. The zero-order chi connectivity index (χ0) is 13.4. The van der Waals surface area contributed by atoms with Crippen LogP contribution >= 0.6 is 23.1 Å². The minimum atomic E-state index is -0.460. The largest absolute Gasteiger partial charge is 0.363 e. The highest BCUT2D eigenvalue weighted by Crippen LogP contribution is 2.35. The molecule has 0 aliphatic heterocycles. The van der Waals surface area contributed by atoms with E-state index in [0.717, 1.165) is 11.8 Å². The molecule has 0 unspecified atom stereocenters. The zero-order valence-corrected chi connectivity index (χ0v) is 10.9. The molecule has 0 atom stereocenters. The molecule has 0 aliphatic carbocycles. The minimum Gasteiger partial charge on any atom is -0.358 e. The molecule has 96 valence electrons. The van der Waals surface area contributed by atoms with Crippen LogP contribution in [0.25, 0.3) is 4.96 Å². The number of halogens is 1. The molecule has 0 bridgehead atoms. The molecular weight excluding hydrogens is 289 g/mol. The number of imidazole rings is 1. The van der Waals surface area contributed by atoms with Crippen LogP contribution in [0.4, 0.5) is 10.2 Å². The van der Waals surface area contributed by atoms with Gasteiger partial charge < -0.3 is 10.1 Å². The molecule has 1 aromatic carbocycles. The van der Waals surface area contributed by atoms with Crippen molar-refractivity contribution in [3.63, 3.8) is 0 Å². The molecular formula is C11H6FN3O2S2. The van der Waals surface area contributed by atoms with Gasteiger partial charge in [0.1, 0.15) is 12.0 Å². The van der Waals surface area contributed by atoms with E-state index in [1.807, 2.05) is 0 Å². The van der Waals surface area contributed by atoms with Gasteiger partial charge >= 0.3 is 5.82 Å². The van der Waals surface area contributed by atoms with Crippen LogP contribution < -0.4 is 0 Å². The van der Waals surface area contributed by atoms with Crippen molar-refractivity contribution in [1.82, 2.24) is 9.38 Å². The van der Waals surface area contributed by atoms with Crippen molar-refractivity contribution in [1.29, 1.82) is 0 Å². The summed E-state index contributed by atoms with van der Waals surface area (Å²) in [6, 6.07) is 5.76. The third-order valence-corrected chi connectivity index (χ3v) is 4.14. The molecule has 2 aromatic heterocycles. The number of fused-ring (bicyclic) bond motifs is 1. The van der Waals surface area contributed by atoms with E-state index in [-0.39, 0.29) is 11.6 Å². The first-order valence-corrected chi connectivity index (χ1v) is 6.88. The average Bonchev–Trinajstić information content (AvgIpc) is 2.91. The molecule has 3 aromatic rings. The summed E-state index contributed by atoms with van der Waals surface area (Å²) in [7, 11) is 0. The maximum absolute atomic E-state index is 12.8. The van der Waals surface area contributed by atoms with Crippen LogP contribution in [0.15, 0.2) is 45.8 Å². The fraction of sp³-hybridized carbons (Fsp3) is 0. The second-order valence-corrected chi connectivity index (χ2v) is 5.54. The van der Waals surface area contributed by atoms with Crippen LogP contribution in [0.2, 0.25) is 0 Å².